The second kappa shape index (κ2) is 9.32. The van der Waals surface area contributed by atoms with Gasteiger partial charge in [0.1, 0.15) is 0 Å². The minimum absolute atomic E-state index is 0.00926. The molecule has 0 radical (unpaired) electrons. The highest BCUT2D eigenvalue weighted by Crippen LogP contribution is 1.93. The maximum Gasteiger partial charge on any atom is 0.0856 e. The molecule has 0 aromatic heterocycles. The maximum atomic E-state index is 8.34. The molecule has 0 aliphatic rings. The Morgan fingerprint density at radius 3 is 1.43 bits per heavy atom. The molecule has 0 bridgehead atoms. The van der Waals surface area contributed by atoms with Crippen molar-refractivity contribution in [1.29, 1.82) is 0 Å². The zero-order valence-corrected chi connectivity index (χ0v) is 8.56. The van der Waals surface area contributed by atoms with Gasteiger partial charge in [-0.2, -0.15) is 0 Å². The van der Waals surface area contributed by atoms with Gasteiger partial charge in [0, 0.05) is 6.04 Å². The van der Waals surface area contributed by atoms with E-state index in [1.807, 2.05) is 6.92 Å². The third kappa shape index (κ3) is 8.36. The fourth-order valence-corrected chi connectivity index (χ4v) is 0.279. The van der Waals surface area contributed by atoms with E-state index in [4.69, 9.17) is 31.9 Å². The lowest BCUT2D eigenvalue weighted by Crippen LogP contribution is -2.50. The summed E-state index contributed by atoms with van der Waals surface area (Å²) in [4.78, 5) is 0. The van der Waals surface area contributed by atoms with Crippen molar-refractivity contribution in [3.05, 3.63) is 0 Å². The summed E-state index contributed by atoms with van der Waals surface area (Å²) in [5, 5.41) is 33.2. The largest absolute Gasteiger partial charge is 0.395 e. The van der Waals surface area contributed by atoms with Gasteiger partial charge in [0.2, 0.25) is 0 Å². The third-order valence-electron chi connectivity index (χ3n) is 1.70. The maximum absolute atomic E-state index is 8.34. The molecule has 0 saturated carbocycles. The van der Waals surface area contributed by atoms with Gasteiger partial charge in [-0.1, -0.05) is 6.92 Å². The van der Waals surface area contributed by atoms with E-state index in [9.17, 15) is 0 Å². The number of hydrogen-bond donors (Lipinski definition) is 6. The van der Waals surface area contributed by atoms with Crippen molar-refractivity contribution < 1.29 is 20.4 Å². The van der Waals surface area contributed by atoms with E-state index >= 15 is 0 Å². The Hall–Kier alpha value is -0.240. The van der Waals surface area contributed by atoms with Gasteiger partial charge in [0.15, 0.2) is 0 Å². The van der Waals surface area contributed by atoms with Crippen molar-refractivity contribution in [2.75, 3.05) is 26.4 Å². The molecule has 0 aromatic carbocycles. The van der Waals surface area contributed by atoms with E-state index < -0.39 is 25.4 Å². The highest BCUT2D eigenvalue weighted by atomic mass is 16.3. The summed E-state index contributed by atoms with van der Waals surface area (Å²) in [6.45, 7) is 0.845. The molecule has 6 heteroatoms. The van der Waals surface area contributed by atoms with Gasteiger partial charge in [-0.3, -0.25) is 0 Å². The molecule has 0 aromatic rings. The lowest BCUT2D eigenvalue weighted by atomic mass is 10.1. The van der Waals surface area contributed by atoms with E-state index in [0.717, 1.165) is 6.42 Å². The zero-order chi connectivity index (χ0) is 11.6. The number of aliphatic hydroxyl groups is 4. The topological polar surface area (TPSA) is 133 Å². The van der Waals surface area contributed by atoms with Crippen LogP contribution in [0.4, 0.5) is 0 Å². The lowest BCUT2D eigenvalue weighted by Gasteiger charge is -2.20. The second-order valence-electron chi connectivity index (χ2n) is 3.19. The number of hydrogen-bond acceptors (Lipinski definition) is 6. The van der Waals surface area contributed by atoms with Crippen molar-refractivity contribution in [3.63, 3.8) is 0 Å². The van der Waals surface area contributed by atoms with E-state index in [1.165, 1.54) is 0 Å². The van der Waals surface area contributed by atoms with Crippen LogP contribution in [0.1, 0.15) is 13.3 Å². The molecule has 14 heavy (non-hydrogen) atoms. The molecule has 0 fully saturated rings. The molecular formula is C8H22N2O4. The lowest BCUT2D eigenvalue weighted by molar-refractivity contribution is 0.0698. The van der Waals surface area contributed by atoms with Crippen molar-refractivity contribution >= 4 is 0 Å². The standard InChI is InChI=1S/C4H11NO3.C4H11NO/c5-4(1-6,2-7)3-8;1-2-4(5)3-6/h6-8H,1-3,5H2;4,6H,2-3,5H2,1H3. The van der Waals surface area contributed by atoms with Crippen LogP contribution in [0, 0.1) is 0 Å². The van der Waals surface area contributed by atoms with Crippen LogP contribution in [0.3, 0.4) is 0 Å². The number of aliphatic hydroxyl groups excluding tert-OH is 4. The summed E-state index contributed by atoms with van der Waals surface area (Å²) < 4.78 is 0. The predicted octanol–water partition coefficient (Wildman–Crippen LogP) is -2.62. The molecule has 0 heterocycles. The van der Waals surface area contributed by atoms with Gasteiger partial charge >= 0.3 is 0 Å². The Balaban J connectivity index is 0. The average Bonchev–Trinajstić information content (AvgIpc) is 2.27. The summed E-state index contributed by atoms with van der Waals surface area (Å²) in [7, 11) is 0. The fourth-order valence-electron chi connectivity index (χ4n) is 0.279. The Bertz CT molecular complexity index is 108. The molecular weight excluding hydrogens is 188 g/mol. The molecule has 0 aliphatic carbocycles. The third-order valence-corrected chi connectivity index (χ3v) is 1.70. The highest BCUT2D eigenvalue weighted by molar-refractivity contribution is 4.80. The van der Waals surface area contributed by atoms with Crippen molar-refractivity contribution in [2.45, 2.75) is 24.9 Å². The molecule has 88 valence electrons. The van der Waals surface area contributed by atoms with Crippen molar-refractivity contribution in [2.24, 2.45) is 11.5 Å². The van der Waals surface area contributed by atoms with Gasteiger partial charge in [-0.25, -0.2) is 0 Å². The SMILES string of the molecule is CCC(N)CO.NC(CO)(CO)CO. The summed E-state index contributed by atoms with van der Waals surface area (Å²) in [5.41, 5.74) is 9.16. The average molecular weight is 210 g/mol. The quantitative estimate of drug-likeness (QED) is 0.294. The molecule has 1 atom stereocenters. The first-order valence-electron chi connectivity index (χ1n) is 4.47. The molecule has 8 N–H and O–H groups in total. The van der Waals surface area contributed by atoms with Gasteiger partial charge in [0.05, 0.1) is 32.0 Å². The van der Waals surface area contributed by atoms with Crippen LogP contribution < -0.4 is 11.5 Å². The minimum atomic E-state index is -1.21. The number of rotatable bonds is 5. The molecule has 0 aliphatic heterocycles. The molecule has 0 rings (SSSR count). The summed E-state index contributed by atoms with van der Waals surface area (Å²) in [6.07, 6.45) is 0.858. The smallest absolute Gasteiger partial charge is 0.0856 e. The molecule has 0 saturated heterocycles. The summed E-state index contributed by atoms with van der Waals surface area (Å²) in [5.74, 6) is 0. The Morgan fingerprint density at radius 2 is 1.43 bits per heavy atom. The van der Waals surface area contributed by atoms with Crippen LogP contribution in [-0.4, -0.2) is 58.4 Å². The van der Waals surface area contributed by atoms with Crippen LogP contribution in [0.5, 0.6) is 0 Å². The monoisotopic (exact) mass is 210 g/mol. The predicted molar refractivity (Wildman–Crippen MR) is 53.5 cm³/mol. The molecule has 0 spiro atoms. The normalized spacial score (nSPS) is 13.1. The van der Waals surface area contributed by atoms with E-state index in [0.29, 0.717) is 0 Å². The van der Waals surface area contributed by atoms with Crippen molar-refractivity contribution in [3.8, 4) is 0 Å². The zero-order valence-electron chi connectivity index (χ0n) is 8.56. The molecule has 0 amide bonds. The van der Waals surface area contributed by atoms with Crippen LogP contribution in [0.2, 0.25) is 0 Å². The van der Waals surface area contributed by atoms with Crippen LogP contribution in [0.15, 0.2) is 0 Å². The van der Waals surface area contributed by atoms with E-state index in [-0.39, 0.29) is 12.6 Å². The van der Waals surface area contributed by atoms with Crippen LogP contribution in [-0.2, 0) is 0 Å². The highest BCUT2D eigenvalue weighted by Gasteiger charge is 2.20. The van der Waals surface area contributed by atoms with E-state index in [1.54, 1.807) is 0 Å². The Kier molecular flexibility index (Phi) is 10.8. The first-order valence-corrected chi connectivity index (χ1v) is 4.47. The van der Waals surface area contributed by atoms with Gasteiger partial charge in [0.25, 0.3) is 0 Å². The van der Waals surface area contributed by atoms with Crippen LogP contribution >= 0.6 is 0 Å². The first kappa shape index (κ1) is 16.2. The summed E-state index contributed by atoms with van der Waals surface area (Å²) in [6, 6.07) is -0.00926. The minimum Gasteiger partial charge on any atom is -0.395 e. The first-order chi connectivity index (χ1) is 6.49. The van der Waals surface area contributed by atoms with Gasteiger partial charge in [-0.05, 0) is 6.42 Å². The fraction of sp³-hybridized carbons (Fsp3) is 1.00. The van der Waals surface area contributed by atoms with Crippen LogP contribution in [0.25, 0.3) is 0 Å². The Labute approximate surface area is 84.2 Å². The van der Waals surface area contributed by atoms with Gasteiger partial charge < -0.3 is 31.9 Å². The Morgan fingerprint density at radius 1 is 1.07 bits per heavy atom. The van der Waals surface area contributed by atoms with Crippen molar-refractivity contribution in [1.82, 2.24) is 0 Å². The van der Waals surface area contributed by atoms with Gasteiger partial charge in [-0.15, -0.1) is 0 Å². The number of nitrogens with two attached hydrogens (primary N) is 2. The molecule has 6 nitrogen and oxygen atoms in total. The summed E-state index contributed by atoms with van der Waals surface area (Å²) >= 11 is 0. The molecule has 1 unspecified atom stereocenters. The second-order valence-corrected chi connectivity index (χ2v) is 3.19. The van der Waals surface area contributed by atoms with E-state index in [2.05, 4.69) is 0 Å².